The largest absolute Gasteiger partial charge is 0.480 e. The summed E-state index contributed by atoms with van der Waals surface area (Å²) in [5.74, 6) is -1.94. The van der Waals surface area contributed by atoms with Gasteiger partial charge in [0.25, 0.3) is 5.91 Å². The van der Waals surface area contributed by atoms with E-state index in [-0.39, 0.29) is 5.92 Å². The van der Waals surface area contributed by atoms with E-state index in [1.54, 1.807) is 13.8 Å². The highest BCUT2D eigenvalue weighted by molar-refractivity contribution is 6.10. The van der Waals surface area contributed by atoms with Crippen LogP contribution < -0.4 is 0 Å². The molecule has 3 heterocycles. The summed E-state index contributed by atoms with van der Waals surface area (Å²) in [5.41, 5.74) is 1.44. The van der Waals surface area contributed by atoms with E-state index >= 15 is 0 Å². The molecule has 3 atom stereocenters. The summed E-state index contributed by atoms with van der Waals surface area (Å²) >= 11 is 0. The van der Waals surface area contributed by atoms with E-state index in [0.717, 1.165) is 21.4 Å². The molecule has 1 aromatic heterocycles. The Morgan fingerprint density at radius 1 is 1.33 bits per heavy atom. The van der Waals surface area contributed by atoms with E-state index in [0.29, 0.717) is 25.1 Å². The Balaban J connectivity index is 1.87. The Kier molecular flexibility index (Phi) is 3.80. The Bertz CT molecular complexity index is 965. The number of carboxylic acids is 1. The molecule has 2 aliphatic heterocycles. The topological polar surface area (TPSA) is 93.7 Å². The van der Waals surface area contributed by atoms with Crippen molar-refractivity contribution in [1.29, 1.82) is 0 Å². The summed E-state index contributed by atoms with van der Waals surface area (Å²) in [5, 5.41) is 10.8. The van der Waals surface area contributed by atoms with Gasteiger partial charge in [0.15, 0.2) is 5.54 Å². The van der Waals surface area contributed by atoms with Crippen molar-refractivity contribution in [2.24, 2.45) is 5.92 Å². The van der Waals surface area contributed by atoms with Crippen LogP contribution in [0.5, 0.6) is 0 Å². The number of para-hydroxylation sites is 1. The van der Waals surface area contributed by atoms with Crippen molar-refractivity contribution in [1.82, 2.24) is 14.8 Å². The van der Waals surface area contributed by atoms with Crippen LogP contribution in [0.1, 0.15) is 38.4 Å². The number of benzene rings is 1. The van der Waals surface area contributed by atoms with Crippen molar-refractivity contribution in [3.63, 3.8) is 0 Å². The quantitative estimate of drug-likeness (QED) is 0.810. The van der Waals surface area contributed by atoms with Crippen molar-refractivity contribution in [2.75, 3.05) is 6.54 Å². The maximum absolute atomic E-state index is 13.5. The molecule has 7 nitrogen and oxygen atoms in total. The van der Waals surface area contributed by atoms with Gasteiger partial charge in [0.2, 0.25) is 0 Å². The number of amides is 3. The first kappa shape index (κ1) is 17.6. The summed E-state index contributed by atoms with van der Waals surface area (Å²) in [4.78, 5) is 44.3. The zero-order valence-electron chi connectivity index (χ0n) is 15.7. The number of aromatic nitrogens is 1. The normalized spacial score (nSPS) is 24.1. The van der Waals surface area contributed by atoms with Crippen LogP contribution in [-0.4, -0.2) is 50.4 Å². The molecular formula is C20H23N3O4. The highest BCUT2D eigenvalue weighted by atomic mass is 16.4. The van der Waals surface area contributed by atoms with Gasteiger partial charge in [-0.3, -0.25) is 4.79 Å². The van der Waals surface area contributed by atoms with Gasteiger partial charge in [-0.15, -0.1) is 0 Å². The first-order valence-corrected chi connectivity index (χ1v) is 9.30. The van der Waals surface area contributed by atoms with E-state index < -0.39 is 29.5 Å². The molecule has 7 heteroatoms. The van der Waals surface area contributed by atoms with Crippen LogP contribution in [0, 0.1) is 5.92 Å². The van der Waals surface area contributed by atoms with Crippen LogP contribution in [0.4, 0.5) is 4.79 Å². The molecular weight excluding hydrogens is 346 g/mol. The molecule has 142 valence electrons. The molecule has 3 amide bonds. The molecule has 0 radical (unpaired) electrons. The molecule has 1 fully saturated rings. The number of nitrogens with zero attached hydrogens (tertiary/aromatic N) is 2. The number of carbonyl (C=O) groups is 3. The summed E-state index contributed by atoms with van der Waals surface area (Å²) in [6.45, 7) is 5.72. The van der Waals surface area contributed by atoms with E-state index in [4.69, 9.17) is 0 Å². The smallest absolute Gasteiger partial charge is 0.328 e. The van der Waals surface area contributed by atoms with Crippen molar-refractivity contribution < 1.29 is 19.5 Å². The average molecular weight is 369 g/mol. The summed E-state index contributed by atoms with van der Waals surface area (Å²) in [6, 6.07) is 6.14. The first-order valence-electron chi connectivity index (χ1n) is 9.30. The van der Waals surface area contributed by atoms with E-state index in [9.17, 15) is 19.5 Å². The van der Waals surface area contributed by atoms with E-state index in [2.05, 4.69) is 4.98 Å². The van der Waals surface area contributed by atoms with E-state index in [1.807, 2.05) is 31.2 Å². The van der Waals surface area contributed by atoms with Crippen LogP contribution in [0.25, 0.3) is 10.9 Å². The number of imide groups is 1. The number of H-pyrrole nitrogens is 1. The van der Waals surface area contributed by atoms with Crippen molar-refractivity contribution in [3.05, 3.63) is 35.5 Å². The zero-order chi connectivity index (χ0) is 19.5. The summed E-state index contributed by atoms with van der Waals surface area (Å²) in [6.07, 6.45) is 1.19. The van der Waals surface area contributed by atoms with Gasteiger partial charge in [-0.2, -0.15) is 0 Å². The number of fused-ring (bicyclic) bond motifs is 5. The van der Waals surface area contributed by atoms with Gasteiger partial charge < -0.3 is 15.0 Å². The first-order chi connectivity index (χ1) is 12.8. The maximum Gasteiger partial charge on any atom is 0.328 e. The SMILES string of the molecule is CC[C@@H](C)[C@@H](C(=O)O)N1C(=O)N2CCc3c([nH]c4ccccc34)C2(C)C1=O. The summed E-state index contributed by atoms with van der Waals surface area (Å²) in [7, 11) is 0. The second-order valence-electron chi connectivity index (χ2n) is 7.62. The molecule has 0 bridgehead atoms. The molecule has 4 rings (SSSR count). The average Bonchev–Trinajstić information content (AvgIpc) is 3.12. The third kappa shape index (κ3) is 2.17. The number of carbonyl (C=O) groups excluding carboxylic acids is 2. The predicted molar refractivity (Wildman–Crippen MR) is 99.2 cm³/mol. The molecule has 0 saturated carbocycles. The number of carboxylic acid groups (broad SMARTS) is 1. The zero-order valence-corrected chi connectivity index (χ0v) is 15.7. The maximum atomic E-state index is 13.5. The van der Waals surface area contributed by atoms with Crippen molar-refractivity contribution >= 4 is 28.8 Å². The third-order valence-electron chi connectivity index (χ3n) is 6.21. The molecule has 2 aromatic rings. The molecule has 2 N–H and O–H groups in total. The van der Waals surface area contributed by atoms with Gasteiger partial charge >= 0.3 is 12.0 Å². The lowest BCUT2D eigenvalue weighted by molar-refractivity contribution is -0.150. The lowest BCUT2D eigenvalue weighted by Crippen LogP contribution is -2.50. The van der Waals surface area contributed by atoms with Crippen molar-refractivity contribution in [3.8, 4) is 0 Å². The third-order valence-corrected chi connectivity index (χ3v) is 6.21. The van der Waals surface area contributed by atoms with Crippen LogP contribution in [0.15, 0.2) is 24.3 Å². The lowest BCUT2D eigenvalue weighted by Gasteiger charge is -2.36. The predicted octanol–water partition coefficient (Wildman–Crippen LogP) is 2.70. The highest BCUT2D eigenvalue weighted by Crippen LogP contribution is 2.45. The van der Waals surface area contributed by atoms with Gasteiger partial charge in [-0.05, 0) is 30.9 Å². The second kappa shape index (κ2) is 5.84. The van der Waals surface area contributed by atoms with Gasteiger partial charge in [0.1, 0.15) is 6.04 Å². The Morgan fingerprint density at radius 2 is 2.04 bits per heavy atom. The molecule has 0 aliphatic carbocycles. The van der Waals surface area contributed by atoms with Crippen LogP contribution in [0.3, 0.4) is 0 Å². The van der Waals surface area contributed by atoms with Crippen molar-refractivity contribution in [2.45, 2.75) is 45.2 Å². The molecule has 1 unspecified atom stereocenters. The number of urea groups is 1. The fourth-order valence-electron chi connectivity index (χ4n) is 4.50. The number of hydrogen-bond donors (Lipinski definition) is 2. The van der Waals surface area contributed by atoms with Gasteiger partial charge in [-0.1, -0.05) is 38.5 Å². The van der Waals surface area contributed by atoms with Crippen LogP contribution >= 0.6 is 0 Å². The van der Waals surface area contributed by atoms with Crippen LogP contribution in [-0.2, 0) is 21.5 Å². The fourth-order valence-corrected chi connectivity index (χ4v) is 4.50. The molecule has 27 heavy (non-hydrogen) atoms. The highest BCUT2D eigenvalue weighted by Gasteiger charge is 2.61. The number of nitrogens with one attached hydrogen (secondary N) is 1. The van der Waals surface area contributed by atoms with Gasteiger partial charge in [0, 0.05) is 17.4 Å². The standard InChI is InChI=1S/C20H23N3O4/c1-4-11(2)15(17(24)25)23-18(26)20(3)16-13(9-10-22(20)19(23)27)12-7-5-6-8-14(12)21-16/h5-8,11,15,21H,4,9-10H2,1-3H3,(H,24,25)/t11-,15+,20?/m1/s1. The minimum absolute atomic E-state index is 0.331. The van der Waals surface area contributed by atoms with Gasteiger partial charge in [-0.25, -0.2) is 14.5 Å². The monoisotopic (exact) mass is 369 g/mol. The minimum atomic E-state index is -1.20. The number of aromatic amines is 1. The number of aliphatic carboxylic acids is 1. The fraction of sp³-hybridized carbons (Fsp3) is 0.450. The summed E-state index contributed by atoms with van der Waals surface area (Å²) < 4.78 is 0. The van der Waals surface area contributed by atoms with Gasteiger partial charge in [0.05, 0.1) is 5.69 Å². The second-order valence-corrected chi connectivity index (χ2v) is 7.62. The Morgan fingerprint density at radius 3 is 2.70 bits per heavy atom. The minimum Gasteiger partial charge on any atom is -0.480 e. The molecule has 1 saturated heterocycles. The van der Waals surface area contributed by atoms with Crippen LogP contribution in [0.2, 0.25) is 0 Å². The molecule has 0 spiro atoms. The Hall–Kier alpha value is -2.83. The van der Waals surface area contributed by atoms with E-state index in [1.165, 1.54) is 4.90 Å². The number of hydrogen-bond acceptors (Lipinski definition) is 3. The lowest BCUT2D eigenvalue weighted by atomic mass is 9.86. The molecule has 1 aromatic carbocycles. The molecule has 2 aliphatic rings. The Labute approximate surface area is 156 Å². The number of rotatable bonds is 4.